The number of ether oxygens (including phenoxy) is 1. The number of aliphatic hydroxyl groups excluding tert-OH is 1. The van der Waals surface area contributed by atoms with Crippen LogP contribution in [-0.2, 0) is 14.4 Å². The predicted octanol–water partition coefficient (Wildman–Crippen LogP) is 1.26. The van der Waals surface area contributed by atoms with Crippen LogP contribution in [0, 0.1) is 0 Å². The summed E-state index contributed by atoms with van der Waals surface area (Å²) in [5.74, 6) is -2.89. The molecular formula is C21H18NO6-. The van der Waals surface area contributed by atoms with Gasteiger partial charge in [-0.3, -0.25) is 9.59 Å². The Bertz CT molecular complexity index is 950. The van der Waals surface area contributed by atoms with Crippen molar-refractivity contribution in [1.29, 1.82) is 0 Å². The monoisotopic (exact) mass is 380 g/mol. The quantitative estimate of drug-likeness (QED) is 0.459. The summed E-state index contributed by atoms with van der Waals surface area (Å²) >= 11 is 0. The molecule has 3 rings (SSSR count). The lowest BCUT2D eigenvalue weighted by Gasteiger charge is -2.25. The molecule has 0 bridgehead atoms. The first kappa shape index (κ1) is 19.2. The standard InChI is InChI=1S/C21H19NO6/c1-28-15-9-5-8-14(12-15)18-17(19(25)13-6-3-2-4-7-13)20(26)21(27)22(18)11-10-16(23)24/h2-9,12,18,25H,10-11H2,1H3,(H,23,24)/p-1/t18-/m0/s1. The van der Waals surface area contributed by atoms with Crippen LogP contribution in [0.25, 0.3) is 5.76 Å². The maximum Gasteiger partial charge on any atom is 0.295 e. The highest BCUT2D eigenvalue weighted by Crippen LogP contribution is 2.40. The number of benzene rings is 2. The van der Waals surface area contributed by atoms with Gasteiger partial charge in [-0.1, -0.05) is 42.5 Å². The molecule has 0 spiro atoms. The second kappa shape index (κ2) is 7.96. The molecule has 1 fully saturated rings. The molecule has 1 N–H and O–H groups in total. The minimum atomic E-state index is -1.34. The van der Waals surface area contributed by atoms with E-state index >= 15 is 0 Å². The van der Waals surface area contributed by atoms with E-state index in [0.29, 0.717) is 16.9 Å². The smallest absolute Gasteiger partial charge is 0.295 e. The summed E-state index contributed by atoms with van der Waals surface area (Å²) < 4.78 is 5.21. The number of aliphatic hydroxyl groups is 1. The Labute approximate surface area is 161 Å². The fourth-order valence-corrected chi connectivity index (χ4v) is 3.23. The maximum atomic E-state index is 12.7. The van der Waals surface area contributed by atoms with Crippen LogP contribution < -0.4 is 9.84 Å². The molecule has 144 valence electrons. The number of carboxylic acid groups (broad SMARTS) is 1. The molecule has 0 unspecified atom stereocenters. The summed E-state index contributed by atoms with van der Waals surface area (Å²) in [4.78, 5) is 37.3. The van der Waals surface area contributed by atoms with E-state index in [1.165, 1.54) is 7.11 Å². The van der Waals surface area contributed by atoms with Crippen molar-refractivity contribution in [2.75, 3.05) is 13.7 Å². The molecule has 0 aliphatic carbocycles. The summed E-state index contributed by atoms with van der Waals surface area (Å²) in [6, 6.07) is 14.2. The van der Waals surface area contributed by atoms with Crippen LogP contribution in [-0.4, -0.2) is 41.3 Å². The molecule has 1 saturated heterocycles. The Hall–Kier alpha value is -3.61. The topological polar surface area (TPSA) is 107 Å². The molecule has 0 saturated carbocycles. The lowest BCUT2D eigenvalue weighted by atomic mass is 9.95. The number of rotatable bonds is 6. The Morgan fingerprint density at radius 3 is 2.50 bits per heavy atom. The zero-order valence-electron chi connectivity index (χ0n) is 15.1. The minimum absolute atomic E-state index is 0.0946. The van der Waals surface area contributed by atoms with Crippen molar-refractivity contribution in [2.45, 2.75) is 12.5 Å². The summed E-state index contributed by atoms with van der Waals surface area (Å²) in [6.07, 6.45) is -0.432. The van der Waals surface area contributed by atoms with E-state index in [1.807, 2.05) is 0 Å². The fraction of sp³-hybridized carbons (Fsp3) is 0.190. The second-order valence-electron chi connectivity index (χ2n) is 6.26. The lowest BCUT2D eigenvalue weighted by Crippen LogP contribution is -2.34. The predicted molar refractivity (Wildman–Crippen MR) is 98.1 cm³/mol. The van der Waals surface area contributed by atoms with E-state index in [9.17, 15) is 24.6 Å². The van der Waals surface area contributed by atoms with Crippen LogP contribution in [0.1, 0.15) is 23.6 Å². The van der Waals surface area contributed by atoms with E-state index in [0.717, 1.165) is 4.90 Å². The van der Waals surface area contributed by atoms with E-state index in [2.05, 4.69) is 0 Å². The first-order valence-corrected chi connectivity index (χ1v) is 8.61. The molecule has 1 atom stereocenters. The molecule has 7 heteroatoms. The van der Waals surface area contributed by atoms with Crippen molar-refractivity contribution in [2.24, 2.45) is 0 Å². The highest BCUT2D eigenvalue weighted by molar-refractivity contribution is 6.46. The largest absolute Gasteiger partial charge is 0.550 e. The zero-order chi connectivity index (χ0) is 20.3. The van der Waals surface area contributed by atoms with Crippen LogP contribution in [0.4, 0.5) is 0 Å². The molecule has 1 aliphatic heterocycles. The number of Topliss-reactive ketones (excluding diaryl/α,β-unsaturated/α-hetero) is 1. The number of amides is 1. The SMILES string of the molecule is COc1cccc([C@H]2C(=C(O)c3ccccc3)C(=O)C(=O)N2CCC(=O)[O-])c1. The van der Waals surface area contributed by atoms with Crippen molar-refractivity contribution < 1.29 is 29.3 Å². The number of hydrogen-bond donors (Lipinski definition) is 1. The number of likely N-dealkylation sites (tertiary alicyclic amines) is 1. The third-order valence-corrected chi connectivity index (χ3v) is 4.55. The fourth-order valence-electron chi connectivity index (χ4n) is 3.23. The molecule has 2 aromatic carbocycles. The van der Waals surface area contributed by atoms with Crippen molar-refractivity contribution >= 4 is 23.4 Å². The molecule has 7 nitrogen and oxygen atoms in total. The number of nitrogens with zero attached hydrogens (tertiary/aromatic N) is 1. The minimum Gasteiger partial charge on any atom is -0.550 e. The van der Waals surface area contributed by atoms with Crippen LogP contribution in [0.2, 0.25) is 0 Å². The number of carbonyl (C=O) groups excluding carboxylic acids is 3. The molecule has 28 heavy (non-hydrogen) atoms. The lowest BCUT2D eigenvalue weighted by molar-refractivity contribution is -0.305. The van der Waals surface area contributed by atoms with Gasteiger partial charge in [0.2, 0.25) is 0 Å². The van der Waals surface area contributed by atoms with Crippen molar-refractivity contribution in [3.63, 3.8) is 0 Å². The highest BCUT2D eigenvalue weighted by atomic mass is 16.5. The van der Waals surface area contributed by atoms with E-state index < -0.39 is 30.1 Å². The highest BCUT2D eigenvalue weighted by Gasteiger charge is 2.45. The molecule has 2 aromatic rings. The van der Waals surface area contributed by atoms with E-state index in [1.54, 1.807) is 54.6 Å². The zero-order valence-corrected chi connectivity index (χ0v) is 15.1. The molecule has 1 amide bonds. The number of aliphatic carboxylic acids is 1. The van der Waals surface area contributed by atoms with Gasteiger partial charge in [0.05, 0.1) is 18.7 Å². The van der Waals surface area contributed by atoms with Gasteiger partial charge in [0.15, 0.2) is 0 Å². The van der Waals surface area contributed by atoms with Gasteiger partial charge in [0, 0.05) is 24.5 Å². The van der Waals surface area contributed by atoms with Gasteiger partial charge in [-0.2, -0.15) is 0 Å². The van der Waals surface area contributed by atoms with E-state index in [4.69, 9.17) is 4.74 Å². The molecule has 1 aliphatic rings. The van der Waals surface area contributed by atoms with Crippen molar-refractivity contribution in [1.82, 2.24) is 4.90 Å². The van der Waals surface area contributed by atoms with Crippen LogP contribution in [0.3, 0.4) is 0 Å². The van der Waals surface area contributed by atoms with Crippen LogP contribution >= 0.6 is 0 Å². The van der Waals surface area contributed by atoms with Gasteiger partial charge in [0.1, 0.15) is 11.5 Å². The average molecular weight is 380 g/mol. The Morgan fingerprint density at radius 2 is 1.86 bits per heavy atom. The van der Waals surface area contributed by atoms with E-state index in [-0.39, 0.29) is 17.9 Å². The number of carboxylic acids is 1. The number of carbonyl (C=O) groups is 3. The number of methoxy groups -OCH3 is 1. The Morgan fingerprint density at radius 1 is 1.14 bits per heavy atom. The second-order valence-corrected chi connectivity index (χ2v) is 6.26. The Kier molecular flexibility index (Phi) is 5.44. The van der Waals surface area contributed by atoms with Crippen LogP contribution in [0.5, 0.6) is 5.75 Å². The average Bonchev–Trinajstić information content (AvgIpc) is 2.97. The van der Waals surface area contributed by atoms with Crippen molar-refractivity contribution in [3.8, 4) is 5.75 Å². The van der Waals surface area contributed by atoms with Crippen LogP contribution in [0.15, 0.2) is 60.2 Å². The summed E-state index contributed by atoms with van der Waals surface area (Å²) in [5, 5.41) is 21.7. The maximum absolute atomic E-state index is 12.7. The van der Waals surface area contributed by atoms with Gasteiger partial charge >= 0.3 is 0 Å². The van der Waals surface area contributed by atoms with Gasteiger partial charge < -0.3 is 24.6 Å². The van der Waals surface area contributed by atoms with Gasteiger partial charge in [-0.05, 0) is 17.7 Å². The number of ketones is 1. The Balaban J connectivity index is 2.16. The normalized spacial score (nSPS) is 18.3. The van der Waals surface area contributed by atoms with Gasteiger partial charge in [0.25, 0.3) is 11.7 Å². The van der Waals surface area contributed by atoms with Gasteiger partial charge in [-0.25, -0.2) is 0 Å². The first-order chi connectivity index (χ1) is 13.4. The first-order valence-electron chi connectivity index (χ1n) is 8.61. The third-order valence-electron chi connectivity index (χ3n) is 4.55. The van der Waals surface area contributed by atoms with Gasteiger partial charge in [-0.15, -0.1) is 0 Å². The summed E-state index contributed by atoms with van der Waals surface area (Å²) in [7, 11) is 1.48. The number of hydrogen-bond acceptors (Lipinski definition) is 6. The summed E-state index contributed by atoms with van der Waals surface area (Å²) in [5.41, 5.74) is 0.811. The molecule has 0 aromatic heterocycles. The molecule has 1 heterocycles. The molecule has 0 radical (unpaired) electrons. The molecular weight excluding hydrogens is 362 g/mol. The third kappa shape index (κ3) is 3.59. The van der Waals surface area contributed by atoms with Crippen molar-refractivity contribution in [3.05, 3.63) is 71.3 Å². The summed E-state index contributed by atoms with van der Waals surface area (Å²) in [6.45, 7) is -0.222.